The number of nitrogens with zero attached hydrogens (tertiary/aromatic N) is 3. The summed E-state index contributed by atoms with van der Waals surface area (Å²) in [5.41, 5.74) is 1.65. The van der Waals surface area contributed by atoms with E-state index in [1.807, 2.05) is 46.1 Å². The number of para-hydroxylation sites is 1. The normalized spacial score (nSPS) is 15.6. The summed E-state index contributed by atoms with van der Waals surface area (Å²) in [7, 11) is 0. The molecule has 22 heavy (non-hydrogen) atoms. The third-order valence-electron chi connectivity index (χ3n) is 4.04. The summed E-state index contributed by atoms with van der Waals surface area (Å²) in [5.74, 6) is 0.0959. The highest BCUT2D eigenvalue weighted by atomic mass is 32.2. The van der Waals surface area contributed by atoms with Gasteiger partial charge in [0.25, 0.3) is 5.91 Å². The summed E-state index contributed by atoms with van der Waals surface area (Å²) in [4.78, 5) is 19.3. The van der Waals surface area contributed by atoms with Gasteiger partial charge in [-0.1, -0.05) is 42.8 Å². The molecule has 5 heteroatoms. The van der Waals surface area contributed by atoms with E-state index in [1.165, 1.54) is 12.8 Å². The van der Waals surface area contributed by atoms with Gasteiger partial charge in [-0.05, 0) is 31.2 Å². The van der Waals surface area contributed by atoms with Crippen LogP contribution in [0, 0.1) is 0 Å². The molecule has 0 atom stereocenters. The fraction of sp³-hybridized carbons (Fsp3) is 0.412. The molecule has 0 saturated carbocycles. The van der Waals surface area contributed by atoms with Gasteiger partial charge in [0.2, 0.25) is 0 Å². The first kappa shape index (κ1) is 15.2. The maximum atomic E-state index is 12.9. The molecule has 1 aliphatic heterocycles. The molecule has 116 valence electrons. The number of hydrogen-bond donors (Lipinski definition) is 0. The zero-order chi connectivity index (χ0) is 15.4. The number of carbonyl (C=O) groups excluding carboxylic acids is 1. The Morgan fingerprint density at radius 2 is 1.77 bits per heavy atom. The molecule has 1 amide bonds. The summed E-state index contributed by atoms with van der Waals surface area (Å²) >= 11 is 1.56. The van der Waals surface area contributed by atoms with Gasteiger partial charge < -0.3 is 4.90 Å². The van der Waals surface area contributed by atoms with Gasteiger partial charge >= 0.3 is 0 Å². The number of likely N-dealkylation sites (tertiary alicyclic amines) is 1. The summed E-state index contributed by atoms with van der Waals surface area (Å²) in [5, 5.41) is 0.851. The van der Waals surface area contributed by atoms with E-state index in [0.29, 0.717) is 5.69 Å². The number of amides is 1. The first-order valence-corrected chi connectivity index (χ1v) is 9.00. The third-order valence-corrected chi connectivity index (χ3v) is 4.69. The lowest BCUT2D eigenvalue weighted by Crippen LogP contribution is -2.33. The SMILES string of the molecule is CSc1ncc(C(=O)N2CCCCCC2)n1-c1ccccc1. The van der Waals surface area contributed by atoms with Crippen LogP contribution in [0.5, 0.6) is 0 Å². The van der Waals surface area contributed by atoms with E-state index in [9.17, 15) is 4.79 Å². The minimum Gasteiger partial charge on any atom is -0.337 e. The highest BCUT2D eigenvalue weighted by Crippen LogP contribution is 2.23. The largest absolute Gasteiger partial charge is 0.337 e. The van der Waals surface area contributed by atoms with Crippen molar-refractivity contribution < 1.29 is 4.79 Å². The fourth-order valence-corrected chi connectivity index (χ4v) is 3.44. The quantitative estimate of drug-likeness (QED) is 0.812. The zero-order valence-electron chi connectivity index (χ0n) is 12.9. The molecule has 1 aromatic carbocycles. The van der Waals surface area contributed by atoms with Crippen LogP contribution in [0.15, 0.2) is 41.7 Å². The Labute approximate surface area is 135 Å². The van der Waals surface area contributed by atoms with Crippen LogP contribution in [-0.2, 0) is 0 Å². The van der Waals surface area contributed by atoms with Crippen molar-refractivity contribution in [2.75, 3.05) is 19.3 Å². The van der Waals surface area contributed by atoms with E-state index in [-0.39, 0.29) is 5.91 Å². The molecule has 4 nitrogen and oxygen atoms in total. The van der Waals surface area contributed by atoms with Gasteiger partial charge in [0, 0.05) is 18.8 Å². The number of imidazole rings is 1. The Bertz CT molecular complexity index is 631. The predicted octanol–water partition coefficient (Wildman–Crippen LogP) is 3.61. The monoisotopic (exact) mass is 315 g/mol. The van der Waals surface area contributed by atoms with E-state index in [2.05, 4.69) is 4.98 Å². The van der Waals surface area contributed by atoms with Crippen molar-refractivity contribution in [1.29, 1.82) is 0 Å². The average molecular weight is 315 g/mol. The van der Waals surface area contributed by atoms with Crippen molar-refractivity contribution in [3.05, 3.63) is 42.2 Å². The number of rotatable bonds is 3. The topological polar surface area (TPSA) is 38.1 Å². The Balaban J connectivity index is 1.96. The zero-order valence-corrected chi connectivity index (χ0v) is 13.7. The highest BCUT2D eigenvalue weighted by molar-refractivity contribution is 7.98. The lowest BCUT2D eigenvalue weighted by Gasteiger charge is -2.21. The second-order valence-corrected chi connectivity index (χ2v) is 6.28. The maximum absolute atomic E-state index is 12.9. The lowest BCUT2D eigenvalue weighted by molar-refractivity contribution is 0.0753. The molecule has 0 N–H and O–H groups in total. The van der Waals surface area contributed by atoms with E-state index < -0.39 is 0 Å². The van der Waals surface area contributed by atoms with Crippen LogP contribution in [-0.4, -0.2) is 39.7 Å². The van der Waals surface area contributed by atoms with Crippen molar-refractivity contribution in [2.45, 2.75) is 30.8 Å². The van der Waals surface area contributed by atoms with Crippen LogP contribution >= 0.6 is 11.8 Å². The molecule has 1 aromatic heterocycles. The first-order chi connectivity index (χ1) is 10.8. The molecule has 3 rings (SSSR count). The molecule has 2 aromatic rings. The van der Waals surface area contributed by atoms with Gasteiger partial charge in [-0.2, -0.15) is 0 Å². The Morgan fingerprint density at radius 1 is 1.09 bits per heavy atom. The van der Waals surface area contributed by atoms with Gasteiger partial charge in [0.15, 0.2) is 5.16 Å². The molecule has 1 aliphatic rings. The minimum atomic E-state index is 0.0959. The first-order valence-electron chi connectivity index (χ1n) is 7.77. The third kappa shape index (κ3) is 3.04. The van der Waals surface area contributed by atoms with Crippen molar-refractivity contribution in [1.82, 2.24) is 14.5 Å². The second kappa shape index (κ2) is 7.01. The van der Waals surface area contributed by atoms with Crippen molar-refractivity contribution >= 4 is 17.7 Å². The van der Waals surface area contributed by atoms with E-state index in [4.69, 9.17) is 0 Å². The number of hydrogen-bond acceptors (Lipinski definition) is 3. The molecule has 0 bridgehead atoms. The van der Waals surface area contributed by atoms with Crippen LogP contribution in [0.2, 0.25) is 0 Å². The van der Waals surface area contributed by atoms with Gasteiger partial charge in [0.1, 0.15) is 5.69 Å². The molecular formula is C17H21N3OS. The maximum Gasteiger partial charge on any atom is 0.272 e. The fourth-order valence-electron chi connectivity index (χ4n) is 2.89. The van der Waals surface area contributed by atoms with Gasteiger partial charge in [-0.25, -0.2) is 4.98 Å². The summed E-state index contributed by atoms with van der Waals surface area (Å²) in [6, 6.07) is 9.98. The molecule has 1 fully saturated rings. The number of benzene rings is 1. The van der Waals surface area contributed by atoms with Crippen LogP contribution in [0.1, 0.15) is 36.2 Å². The summed E-state index contributed by atoms with van der Waals surface area (Å²) in [6.45, 7) is 1.71. The van der Waals surface area contributed by atoms with Crippen LogP contribution in [0.25, 0.3) is 5.69 Å². The van der Waals surface area contributed by atoms with Crippen LogP contribution in [0.3, 0.4) is 0 Å². The Hall–Kier alpha value is -1.75. The predicted molar refractivity (Wildman–Crippen MR) is 89.7 cm³/mol. The number of aromatic nitrogens is 2. The van der Waals surface area contributed by atoms with Gasteiger partial charge in [0.05, 0.1) is 6.20 Å². The second-order valence-electron chi connectivity index (χ2n) is 5.51. The summed E-state index contributed by atoms with van der Waals surface area (Å²) in [6.07, 6.45) is 8.34. The molecular weight excluding hydrogens is 294 g/mol. The average Bonchev–Trinajstić information content (AvgIpc) is 2.81. The smallest absolute Gasteiger partial charge is 0.272 e. The minimum absolute atomic E-state index is 0.0959. The molecule has 1 saturated heterocycles. The van der Waals surface area contributed by atoms with Gasteiger partial charge in [-0.3, -0.25) is 9.36 Å². The molecule has 0 radical (unpaired) electrons. The Kier molecular flexibility index (Phi) is 4.83. The van der Waals surface area contributed by atoms with Crippen molar-refractivity contribution in [2.24, 2.45) is 0 Å². The van der Waals surface area contributed by atoms with Crippen LogP contribution < -0.4 is 0 Å². The standard InChI is InChI=1S/C17H21N3OS/c1-22-17-18-13-15(20(17)14-9-5-4-6-10-14)16(21)19-11-7-2-3-8-12-19/h4-6,9-10,13H,2-3,7-8,11-12H2,1H3. The van der Waals surface area contributed by atoms with Crippen molar-refractivity contribution in [3.63, 3.8) is 0 Å². The molecule has 0 unspecified atom stereocenters. The van der Waals surface area contributed by atoms with E-state index in [1.54, 1.807) is 18.0 Å². The van der Waals surface area contributed by atoms with Crippen molar-refractivity contribution in [3.8, 4) is 5.69 Å². The molecule has 2 heterocycles. The summed E-state index contributed by atoms with van der Waals surface area (Å²) < 4.78 is 1.97. The number of carbonyl (C=O) groups is 1. The van der Waals surface area contributed by atoms with E-state index in [0.717, 1.165) is 36.8 Å². The van der Waals surface area contributed by atoms with Crippen LogP contribution in [0.4, 0.5) is 0 Å². The number of thioether (sulfide) groups is 1. The Morgan fingerprint density at radius 3 is 2.41 bits per heavy atom. The highest BCUT2D eigenvalue weighted by Gasteiger charge is 2.23. The molecule has 0 spiro atoms. The molecule has 0 aliphatic carbocycles. The lowest BCUT2D eigenvalue weighted by atomic mass is 10.2. The van der Waals surface area contributed by atoms with Gasteiger partial charge in [-0.15, -0.1) is 0 Å². The van der Waals surface area contributed by atoms with E-state index >= 15 is 0 Å².